The first-order chi connectivity index (χ1) is 11.1. The van der Waals surface area contributed by atoms with Crippen molar-refractivity contribution in [3.63, 3.8) is 0 Å². The van der Waals surface area contributed by atoms with E-state index in [2.05, 4.69) is 11.8 Å². The van der Waals surface area contributed by atoms with Crippen LogP contribution in [0.1, 0.15) is 64.7 Å². The summed E-state index contributed by atoms with van der Waals surface area (Å²) in [5, 5.41) is 0. The molecule has 0 bridgehead atoms. The quantitative estimate of drug-likeness (QED) is 0.865. The van der Waals surface area contributed by atoms with Crippen molar-refractivity contribution >= 4 is 11.9 Å². The summed E-state index contributed by atoms with van der Waals surface area (Å²) >= 11 is 0. The molecule has 0 atom stereocenters. The summed E-state index contributed by atoms with van der Waals surface area (Å²) in [7, 11) is 0. The topological polar surface area (TPSA) is 66.6 Å². The van der Waals surface area contributed by atoms with Crippen molar-refractivity contribution in [2.45, 2.75) is 76.8 Å². The fourth-order valence-electron chi connectivity index (χ4n) is 4.40. The minimum Gasteiger partial charge on any atom is -0.351 e. The SMILES string of the molecule is CCC1CCC(N(C(=O)C2CCN(C(N)=O)CC2)C2CC2)CC1. The molecule has 0 radical (unpaired) electrons. The molecule has 5 nitrogen and oxygen atoms in total. The lowest BCUT2D eigenvalue weighted by atomic mass is 9.83. The Morgan fingerprint density at radius 2 is 1.48 bits per heavy atom. The average molecular weight is 321 g/mol. The van der Waals surface area contributed by atoms with Gasteiger partial charge in [-0.3, -0.25) is 4.79 Å². The predicted molar refractivity (Wildman–Crippen MR) is 89.8 cm³/mol. The lowest BCUT2D eigenvalue weighted by Gasteiger charge is -2.40. The Hall–Kier alpha value is -1.26. The molecular weight excluding hydrogens is 290 g/mol. The summed E-state index contributed by atoms with van der Waals surface area (Å²) in [6.45, 7) is 3.54. The largest absolute Gasteiger partial charge is 0.351 e. The maximum absolute atomic E-state index is 13.1. The van der Waals surface area contributed by atoms with Crippen LogP contribution in [0, 0.1) is 11.8 Å². The van der Waals surface area contributed by atoms with Crippen LogP contribution in [-0.2, 0) is 4.79 Å². The number of primary amides is 1. The summed E-state index contributed by atoms with van der Waals surface area (Å²) in [5.41, 5.74) is 5.34. The van der Waals surface area contributed by atoms with Gasteiger partial charge in [-0.2, -0.15) is 0 Å². The van der Waals surface area contributed by atoms with Crippen LogP contribution in [0.3, 0.4) is 0 Å². The molecule has 2 saturated carbocycles. The molecule has 5 heteroatoms. The molecule has 3 amide bonds. The van der Waals surface area contributed by atoms with Crippen LogP contribution in [0.15, 0.2) is 0 Å². The third-order valence-electron chi connectivity index (χ3n) is 6.14. The molecule has 2 aliphatic carbocycles. The van der Waals surface area contributed by atoms with Gasteiger partial charge in [0.2, 0.25) is 5.91 Å². The number of rotatable bonds is 4. The summed E-state index contributed by atoms with van der Waals surface area (Å²) in [4.78, 5) is 28.3. The highest BCUT2D eigenvalue weighted by Crippen LogP contribution is 2.38. The molecular formula is C18H31N3O2. The Morgan fingerprint density at radius 3 is 1.91 bits per heavy atom. The molecule has 0 aromatic carbocycles. The smallest absolute Gasteiger partial charge is 0.314 e. The van der Waals surface area contributed by atoms with E-state index in [-0.39, 0.29) is 11.9 Å². The van der Waals surface area contributed by atoms with E-state index in [1.807, 2.05) is 0 Å². The third-order valence-corrected chi connectivity index (χ3v) is 6.14. The van der Waals surface area contributed by atoms with E-state index in [9.17, 15) is 9.59 Å². The van der Waals surface area contributed by atoms with Crippen molar-refractivity contribution in [3.05, 3.63) is 0 Å². The monoisotopic (exact) mass is 321 g/mol. The van der Waals surface area contributed by atoms with Crippen molar-refractivity contribution < 1.29 is 9.59 Å². The van der Waals surface area contributed by atoms with Crippen molar-refractivity contribution in [2.24, 2.45) is 17.6 Å². The second kappa shape index (κ2) is 7.10. The standard InChI is InChI=1S/C18H31N3O2/c1-2-13-3-5-15(6-4-13)21(16-7-8-16)17(22)14-9-11-20(12-10-14)18(19)23/h13-16H,2-12H2,1H3,(H2,19,23). The Balaban J connectivity index is 1.58. The van der Waals surface area contributed by atoms with Gasteiger partial charge in [-0.1, -0.05) is 13.3 Å². The average Bonchev–Trinajstić information content (AvgIpc) is 3.40. The number of nitrogens with two attached hydrogens (primary N) is 1. The van der Waals surface area contributed by atoms with Gasteiger partial charge in [0.1, 0.15) is 0 Å². The van der Waals surface area contributed by atoms with Crippen LogP contribution < -0.4 is 5.73 Å². The number of piperidine rings is 1. The Morgan fingerprint density at radius 1 is 0.957 bits per heavy atom. The maximum Gasteiger partial charge on any atom is 0.314 e. The van der Waals surface area contributed by atoms with E-state index >= 15 is 0 Å². The van der Waals surface area contributed by atoms with Gasteiger partial charge in [0.25, 0.3) is 0 Å². The summed E-state index contributed by atoms with van der Waals surface area (Å²) < 4.78 is 0. The third kappa shape index (κ3) is 3.81. The van der Waals surface area contributed by atoms with E-state index in [4.69, 9.17) is 5.73 Å². The molecule has 0 aromatic rings. The molecule has 23 heavy (non-hydrogen) atoms. The Kier molecular flexibility index (Phi) is 5.12. The van der Waals surface area contributed by atoms with E-state index < -0.39 is 0 Å². The molecule has 3 aliphatic rings. The first kappa shape index (κ1) is 16.6. The Bertz CT molecular complexity index is 434. The first-order valence-electron chi connectivity index (χ1n) is 9.46. The zero-order chi connectivity index (χ0) is 16.4. The number of carbonyl (C=O) groups is 2. The highest BCUT2D eigenvalue weighted by molar-refractivity contribution is 5.80. The predicted octanol–water partition coefficient (Wildman–Crippen LogP) is 2.74. The minimum atomic E-state index is -0.354. The second-order valence-corrected chi connectivity index (χ2v) is 7.66. The fraction of sp³-hybridized carbons (Fsp3) is 0.889. The van der Waals surface area contributed by atoms with Crippen LogP contribution in [-0.4, -0.2) is 46.9 Å². The van der Waals surface area contributed by atoms with E-state index in [1.165, 1.54) is 44.9 Å². The summed E-state index contributed by atoms with van der Waals surface area (Å²) in [5.74, 6) is 1.31. The zero-order valence-electron chi connectivity index (χ0n) is 14.4. The number of hydrogen-bond acceptors (Lipinski definition) is 2. The number of likely N-dealkylation sites (tertiary alicyclic amines) is 1. The van der Waals surface area contributed by atoms with E-state index in [0.717, 1.165) is 18.8 Å². The Labute approximate surface area is 139 Å². The molecule has 1 aliphatic heterocycles. The van der Waals surface area contributed by atoms with Crippen molar-refractivity contribution in [2.75, 3.05) is 13.1 Å². The van der Waals surface area contributed by atoms with Crippen LogP contribution in [0.2, 0.25) is 0 Å². The van der Waals surface area contributed by atoms with Gasteiger partial charge in [-0.05, 0) is 57.3 Å². The van der Waals surface area contributed by atoms with Gasteiger partial charge in [-0.15, -0.1) is 0 Å². The number of amides is 3. The lowest BCUT2D eigenvalue weighted by Crippen LogP contribution is -2.50. The number of urea groups is 1. The highest BCUT2D eigenvalue weighted by Gasteiger charge is 2.41. The van der Waals surface area contributed by atoms with Crippen LogP contribution in [0.25, 0.3) is 0 Å². The molecule has 1 heterocycles. The molecule has 3 rings (SSSR count). The van der Waals surface area contributed by atoms with Gasteiger partial charge < -0.3 is 15.5 Å². The van der Waals surface area contributed by atoms with Gasteiger partial charge in [0.05, 0.1) is 0 Å². The zero-order valence-corrected chi connectivity index (χ0v) is 14.4. The second-order valence-electron chi connectivity index (χ2n) is 7.66. The summed E-state index contributed by atoms with van der Waals surface area (Å²) in [6.07, 6.45) is 10.1. The van der Waals surface area contributed by atoms with Gasteiger partial charge >= 0.3 is 6.03 Å². The molecule has 3 fully saturated rings. The van der Waals surface area contributed by atoms with E-state index in [0.29, 0.717) is 31.1 Å². The molecule has 0 aromatic heterocycles. The molecule has 0 unspecified atom stereocenters. The van der Waals surface area contributed by atoms with Crippen molar-refractivity contribution in [3.8, 4) is 0 Å². The number of carbonyl (C=O) groups excluding carboxylic acids is 2. The maximum atomic E-state index is 13.1. The molecule has 2 N–H and O–H groups in total. The molecule has 1 saturated heterocycles. The summed E-state index contributed by atoms with van der Waals surface area (Å²) in [6, 6.07) is 0.611. The van der Waals surface area contributed by atoms with Crippen molar-refractivity contribution in [1.82, 2.24) is 9.80 Å². The number of nitrogens with zero attached hydrogens (tertiary/aromatic N) is 2. The number of hydrogen-bond donors (Lipinski definition) is 1. The normalized spacial score (nSPS) is 29.3. The van der Waals surface area contributed by atoms with Gasteiger partial charge in [0.15, 0.2) is 0 Å². The fourth-order valence-corrected chi connectivity index (χ4v) is 4.40. The van der Waals surface area contributed by atoms with Gasteiger partial charge in [0, 0.05) is 31.1 Å². The van der Waals surface area contributed by atoms with E-state index in [1.54, 1.807) is 4.90 Å². The first-order valence-corrected chi connectivity index (χ1v) is 9.46. The lowest BCUT2D eigenvalue weighted by molar-refractivity contribution is -0.141. The molecule has 130 valence electrons. The highest BCUT2D eigenvalue weighted by atomic mass is 16.2. The van der Waals surface area contributed by atoms with Crippen LogP contribution in [0.5, 0.6) is 0 Å². The molecule has 0 spiro atoms. The van der Waals surface area contributed by atoms with Crippen LogP contribution in [0.4, 0.5) is 4.79 Å². The van der Waals surface area contributed by atoms with Gasteiger partial charge in [-0.25, -0.2) is 4.79 Å². The minimum absolute atomic E-state index is 0.0927. The van der Waals surface area contributed by atoms with Crippen LogP contribution >= 0.6 is 0 Å². The van der Waals surface area contributed by atoms with Crippen molar-refractivity contribution in [1.29, 1.82) is 0 Å².